The number of amides is 2. The van der Waals surface area contributed by atoms with Crippen molar-refractivity contribution in [1.29, 1.82) is 0 Å². The molecule has 0 aromatic carbocycles. The number of urea groups is 1. The van der Waals surface area contributed by atoms with Gasteiger partial charge in [0.1, 0.15) is 11.4 Å². The number of rotatable bonds is 4. The molecule has 0 saturated heterocycles. The third-order valence-electron chi connectivity index (χ3n) is 4.16. The summed E-state index contributed by atoms with van der Waals surface area (Å²) in [6.45, 7) is 3.83. The van der Waals surface area contributed by atoms with Crippen LogP contribution in [0.5, 0.6) is 0 Å². The van der Waals surface area contributed by atoms with Gasteiger partial charge in [0.25, 0.3) is 0 Å². The molecule has 1 fully saturated rings. The first-order chi connectivity index (χ1) is 10.6. The SMILES string of the molecule is Cc1noc(C2CC2)c1NC(=O)N(C)C(C)c1ccncc1. The van der Waals surface area contributed by atoms with E-state index in [1.54, 1.807) is 24.3 Å². The molecule has 1 saturated carbocycles. The maximum Gasteiger partial charge on any atom is 0.322 e. The van der Waals surface area contributed by atoms with Gasteiger partial charge in [-0.1, -0.05) is 5.16 Å². The predicted molar refractivity (Wildman–Crippen MR) is 82.6 cm³/mol. The summed E-state index contributed by atoms with van der Waals surface area (Å²) in [5, 5.41) is 6.92. The predicted octanol–water partition coefficient (Wildman–Crippen LogP) is 3.48. The molecule has 2 amide bonds. The van der Waals surface area contributed by atoms with Crippen LogP contribution in [0.3, 0.4) is 0 Å². The van der Waals surface area contributed by atoms with E-state index in [1.807, 2.05) is 26.0 Å². The van der Waals surface area contributed by atoms with Crippen molar-refractivity contribution >= 4 is 11.7 Å². The number of nitrogens with zero attached hydrogens (tertiary/aromatic N) is 3. The summed E-state index contributed by atoms with van der Waals surface area (Å²) in [6.07, 6.45) is 5.65. The standard InChI is InChI=1S/C16H20N4O2/c1-10-14(15(22-19-10)13-4-5-13)18-16(21)20(3)11(2)12-6-8-17-9-7-12/h6-9,11,13H,4-5H2,1-3H3,(H,18,21). The largest absolute Gasteiger partial charge is 0.359 e. The van der Waals surface area contributed by atoms with Gasteiger partial charge in [0.15, 0.2) is 5.76 Å². The first-order valence-electron chi connectivity index (χ1n) is 7.48. The highest BCUT2D eigenvalue weighted by atomic mass is 16.5. The van der Waals surface area contributed by atoms with Crippen molar-refractivity contribution < 1.29 is 9.32 Å². The van der Waals surface area contributed by atoms with Gasteiger partial charge in [-0.25, -0.2) is 4.79 Å². The summed E-state index contributed by atoms with van der Waals surface area (Å²) in [5.74, 6) is 1.20. The highest BCUT2D eigenvalue weighted by molar-refractivity contribution is 5.90. The van der Waals surface area contributed by atoms with Crippen LogP contribution in [0.2, 0.25) is 0 Å². The molecule has 2 aromatic heterocycles. The number of hydrogen-bond acceptors (Lipinski definition) is 4. The van der Waals surface area contributed by atoms with Crippen LogP contribution in [0.15, 0.2) is 29.0 Å². The summed E-state index contributed by atoms with van der Waals surface area (Å²) in [6, 6.07) is 3.61. The van der Waals surface area contributed by atoms with Crippen molar-refractivity contribution in [3.8, 4) is 0 Å². The average Bonchev–Trinajstić information content (AvgIpc) is 3.32. The molecule has 0 aliphatic heterocycles. The first kappa shape index (κ1) is 14.6. The highest BCUT2D eigenvalue weighted by Crippen LogP contribution is 2.44. The lowest BCUT2D eigenvalue weighted by atomic mass is 10.1. The molecule has 0 radical (unpaired) electrons. The summed E-state index contributed by atoms with van der Waals surface area (Å²) in [5.41, 5.74) is 2.48. The van der Waals surface area contributed by atoms with Gasteiger partial charge in [-0.05, 0) is 44.4 Å². The van der Waals surface area contributed by atoms with Gasteiger partial charge >= 0.3 is 6.03 Å². The smallest absolute Gasteiger partial charge is 0.322 e. The van der Waals surface area contributed by atoms with Crippen LogP contribution in [0.4, 0.5) is 10.5 Å². The van der Waals surface area contributed by atoms with E-state index in [4.69, 9.17) is 4.52 Å². The maximum absolute atomic E-state index is 12.5. The lowest BCUT2D eigenvalue weighted by molar-refractivity contribution is 0.208. The molecule has 1 atom stereocenters. The maximum atomic E-state index is 12.5. The molecule has 22 heavy (non-hydrogen) atoms. The van der Waals surface area contributed by atoms with Crippen LogP contribution in [0, 0.1) is 6.92 Å². The Morgan fingerprint density at radius 3 is 2.73 bits per heavy atom. The molecule has 2 heterocycles. The number of anilines is 1. The minimum atomic E-state index is -0.169. The van der Waals surface area contributed by atoms with E-state index < -0.39 is 0 Å². The van der Waals surface area contributed by atoms with E-state index in [0.717, 1.165) is 35.5 Å². The van der Waals surface area contributed by atoms with Crippen molar-refractivity contribution in [3.05, 3.63) is 41.5 Å². The molecule has 1 aliphatic rings. The molecule has 116 valence electrons. The van der Waals surface area contributed by atoms with Crippen LogP contribution in [-0.4, -0.2) is 28.1 Å². The Kier molecular flexibility index (Phi) is 3.83. The van der Waals surface area contributed by atoms with Crippen LogP contribution >= 0.6 is 0 Å². The van der Waals surface area contributed by atoms with Crippen molar-refractivity contribution in [2.24, 2.45) is 0 Å². The zero-order chi connectivity index (χ0) is 15.7. The third kappa shape index (κ3) is 2.81. The van der Waals surface area contributed by atoms with Crippen molar-refractivity contribution in [2.75, 3.05) is 12.4 Å². The highest BCUT2D eigenvalue weighted by Gasteiger charge is 2.32. The Labute approximate surface area is 129 Å². The van der Waals surface area contributed by atoms with E-state index in [9.17, 15) is 4.79 Å². The molecule has 2 aromatic rings. The zero-order valence-electron chi connectivity index (χ0n) is 13.0. The number of aromatic nitrogens is 2. The Balaban J connectivity index is 1.73. The van der Waals surface area contributed by atoms with E-state index >= 15 is 0 Å². The van der Waals surface area contributed by atoms with Crippen LogP contribution in [0.25, 0.3) is 0 Å². The molecule has 1 unspecified atom stereocenters. The number of aryl methyl sites for hydroxylation is 1. The summed E-state index contributed by atoms with van der Waals surface area (Å²) in [7, 11) is 1.78. The Morgan fingerprint density at radius 2 is 2.09 bits per heavy atom. The molecule has 6 heteroatoms. The molecule has 3 rings (SSSR count). The molecule has 0 spiro atoms. The van der Waals surface area contributed by atoms with Crippen LogP contribution in [-0.2, 0) is 0 Å². The molecular formula is C16H20N4O2. The average molecular weight is 300 g/mol. The van der Waals surface area contributed by atoms with E-state index in [2.05, 4.69) is 15.5 Å². The second kappa shape index (κ2) is 5.79. The van der Waals surface area contributed by atoms with Gasteiger partial charge in [-0.2, -0.15) is 0 Å². The van der Waals surface area contributed by atoms with Gasteiger partial charge in [-0.3, -0.25) is 4.98 Å². The zero-order valence-corrected chi connectivity index (χ0v) is 13.0. The monoisotopic (exact) mass is 300 g/mol. The van der Waals surface area contributed by atoms with Crippen LogP contribution in [0.1, 0.15) is 48.7 Å². The van der Waals surface area contributed by atoms with Crippen LogP contribution < -0.4 is 5.32 Å². The lowest BCUT2D eigenvalue weighted by Gasteiger charge is -2.25. The van der Waals surface area contributed by atoms with Crippen molar-refractivity contribution in [2.45, 2.75) is 38.6 Å². The Morgan fingerprint density at radius 1 is 1.41 bits per heavy atom. The number of hydrogen-bond donors (Lipinski definition) is 1. The van der Waals surface area contributed by atoms with E-state index in [1.165, 1.54) is 0 Å². The second-order valence-electron chi connectivity index (χ2n) is 5.78. The number of carbonyl (C=O) groups excluding carboxylic acids is 1. The second-order valence-corrected chi connectivity index (χ2v) is 5.78. The summed E-state index contributed by atoms with van der Waals surface area (Å²) in [4.78, 5) is 18.2. The molecule has 1 N–H and O–H groups in total. The molecule has 0 bridgehead atoms. The molecule has 1 aliphatic carbocycles. The van der Waals surface area contributed by atoms with Gasteiger partial charge < -0.3 is 14.7 Å². The van der Waals surface area contributed by atoms with E-state index in [0.29, 0.717) is 5.92 Å². The lowest BCUT2D eigenvalue weighted by Crippen LogP contribution is -2.33. The summed E-state index contributed by atoms with van der Waals surface area (Å²) < 4.78 is 5.35. The quantitative estimate of drug-likeness (QED) is 0.938. The Bertz CT molecular complexity index is 664. The minimum absolute atomic E-state index is 0.0486. The molecular weight excluding hydrogens is 280 g/mol. The fraction of sp³-hybridized carbons (Fsp3) is 0.438. The normalized spacial score (nSPS) is 15.4. The van der Waals surface area contributed by atoms with Crippen molar-refractivity contribution in [3.63, 3.8) is 0 Å². The van der Waals surface area contributed by atoms with Crippen molar-refractivity contribution in [1.82, 2.24) is 15.0 Å². The van der Waals surface area contributed by atoms with Gasteiger partial charge in [-0.15, -0.1) is 0 Å². The summed E-state index contributed by atoms with van der Waals surface area (Å²) >= 11 is 0. The van der Waals surface area contributed by atoms with Gasteiger partial charge in [0.2, 0.25) is 0 Å². The fourth-order valence-corrected chi connectivity index (χ4v) is 2.40. The minimum Gasteiger partial charge on any atom is -0.359 e. The van der Waals surface area contributed by atoms with E-state index in [-0.39, 0.29) is 12.1 Å². The Hall–Kier alpha value is -2.37. The number of pyridine rings is 1. The number of nitrogens with one attached hydrogen (secondary N) is 1. The molecule has 6 nitrogen and oxygen atoms in total. The topological polar surface area (TPSA) is 71.3 Å². The fourth-order valence-electron chi connectivity index (χ4n) is 2.40. The first-order valence-corrected chi connectivity index (χ1v) is 7.48. The van der Waals surface area contributed by atoms with Gasteiger partial charge in [0, 0.05) is 25.4 Å². The number of carbonyl (C=O) groups is 1. The third-order valence-corrected chi connectivity index (χ3v) is 4.16. The van der Waals surface area contributed by atoms with Gasteiger partial charge in [0.05, 0.1) is 6.04 Å².